The lowest BCUT2D eigenvalue weighted by molar-refractivity contribution is 0.875. The lowest BCUT2D eigenvalue weighted by Gasteiger charge is -2.21. The summed E-state index contributed by atoms with van der Waals surface area (Å²) in [5.41, 5.74) is 9.17. The Morgan fingerprint density at radius 1 is 1.00 bits per heavy atom. The van der Waals surface area contributed by atoms with E-state index < -0.39 is 0 Å². The van der Waals surface area contributed by atoms with Gasteiger partial charge in [-0.2, -0.15) is 0 Å². The summed E-state index contributed by atoms with van der Waals surface area (Å²) in [5, 5.41) is 0.798. The molecule has 106 valence electrons. The standard InChI is InChI=1S/C17H21ClN2/c1-20(12-10-14-5-3-2-4-6-14)17-8-7-15(9-11-19)13-16(17)18/h2-8,13H,9-12,19H2,1H3. The van der Waals surface area contributed by atoms with Crippen LogP contribution in [0.5, 0.6) is 0 Å². The predicted octanol–water partition coefficient (Wildman–Crippen LogP) is 3.52. The molecule has 2 rings (SSSR count). The molecule has 0 radical (unpaired) electrons. The van der Waals surface area contributed by atoms with Gasteiger partial charge in [0.2, 0.25) is 0 Å². The Bertz CT molecular complexity index is 540. The summed E-state index contributed by atoms with van der Waals surface area (Å²) >= 11 is 6.36. The van der Waals surface area contributed by atoms with Crippen LogP contribution in [-0.2, 0) is 12.8 Å². The molecule has 0 saturated carbocycles. The van der Waals surface area contributed by atoms with E-state index >= 15 is 0 Å². The highest BCUT2D eigenvalue weighted by Gasteiger charge is 2.07. The molecule has 3 heteroatoms. The number of likely N-dealkylation sites (N-methyl/N-ethyl adjacent to an activating group) is 1. The molecule has 2 aromatic carbocycles. The van der Waals surface area contributed by atoms with Gasteiger partial charge in [-0.3, -0.25) is 0 Å². The number of nitrogens with zero attached hydrogens (tertiary/aromatic N) is 1. The van der Waals surface area contributed by atoms with Gasteiger partial charge < -0.3 is 10.6 Å². The van der Waals surface area contributed by atoms with Crippen molar-refractivity contribution in [1.29, 1.82) is 0 Å². The van der Waals surface area contributed by atoms with Gasteiger partial charge >= 0.3 is 0 Å². The van der Waals surface area contributed by atoms with Gasteiger partial charge in [-0.1, -0.05) is 48.0 Å². The lowest BCUT2D eigenvalue weighted by atomic mass is 10.1. The molecule has 0 fully saturated rings. The molecule has 0 heterocycles. The summed E-state index contributed by atoms with van der Waals surface area (Å²) in [6.07, 6.45) is 1.88. The minimum atomic E-state index is 0.652. The van der Waals surface area contributed by atoms with E-state index in [2.05, 4.69) is 48.3 Å². The maximum atomic E-state index is 6.36. The minimum Gasteiger partial charge on any atom is -0.373 e. The van der Waals surface area contributed by atoms with Crippen LogP contribution in [-0.4, -0.2) is 20.1 Å². The van der Waals surface area contributed by atoms with Gasteiger partial charge in [0.05, 0.1) is 10.7 Å². The van der Waals surface area contributed by atoms with Crippen LogP contribution in [0.25, 0.3) is 0 Å². The zero-order valence-electron chi connectivity index (χ0n) is 11.8. The molecule has 0 saturated heterocycles. The Balaban J connectivity index is 2.00. The maximum absolute atomic E-state index is 6.36. The molecule has 0 aliphatic heterocycles. The largest absolute Gasteiger partial charge is 0.373 e. The van der Waals surface area contributed by atoms with E-state index in [1.807, 2.05) is 12.1 Å². The molecular formula is C17H21ClN2. The van der Waals surface area contributed by atoms with Gasteiger partial charge in [0.15, 0.2) is 0 Å². The number of halogens is 1. The highest BCUT2D eigenvalue weighted by atomic mass is 35.5. The molecule has 2 N–H and O–H groups in total. The first kappa shape index (κ1) is 14.9. The molecule has 0 aliphatic rings. The van der Waals surface area contributed by atoms with Gasteiger partial charge in [-0.25, -0.2) is 0 Å². The van der Waals surface area contributed by atoms with Crippen LogP contribution in [0.4, 0.5) is 5.69 Å². The molecule has 0 unspecified atom stereocenters. The first-order valence-electron chi connectivity index (χ1n) is 6.94. The number of hydrogen-bond acceptors (Lipinski definition) is 2. The third kappa shape index (κ3) is 3.99. The van der Waals surface area contributed by atoms with Gasteiger partial charge in [-0.05, 0) is 42.6 Å². The van der Waals surface area contributed by atoms with Crippen LogP contribution >= 0.6 is 11.6 Å². The molecule has 0 amide bonds. The summed E-state index contributed by atoms with van der Waals surface area (Å²) in [6, 6.07) is 16.7. The number of nitrogens with two attached hydrogens (primary N) is 1. The van der Waals surface area contributed by atoms with E-state index in [0.717, 1.165) is 30.1 Å². The first-order valence-corrected chi connectivity index (χ1v) is 7.32. The van der Waals surface area contributed by atoms with Crippen LogP contribution in [0.15, 0.2) is 48.5 Å². The van der Waals surface area contributed by atoms with Crippen LogP contribution in [0.3, 0.4) is 0 Å². The van der Waals surface area contributed by atoms with E-state index in [-0.39, 0.29) is 0 Å². The van der Waals surface area contributed by atoms with Gasteiger partial charge in [0.25, 0.3) is 0 Å². The van der Waals surface area contributed by atoms with Crippen molar-refractivity contribution in [2.45, 2.75) is 12.8 Å². The molecule has 2 nitrogen and oxygen atoms in total. The van der Waals surface area contributed by atoms with E-state index in [0.29, 0.717) is 6.54 Å². The molecule has 0 spiro atoms. The lowest BCUT2D eigenvalue weighted by Crippen LogP contribution is -2.20. The summed E-state index contributed by atoms with van der Waals surface area (Å²) in [7, 11) is 2.08. The van der Waals surface area contributed by atoms with Gasteiger partial charge in [0.1, 0.15) is 0 Å². The number of benzene rings is 2. The quantitative estimate of drug-likeness (QED) is 0.881. The first-order chi connectivity index (χ1) is 9.70. The molecule has 0 bridgehead atoms. The predicted molar refractivity (Wildman–Crippen MR) is 87.6 cm³/mol. The zero-order valence-corrected chi connectivity index (χ0v) is 12.6. The van der Waals surface area contributed by atoms with E-state index in [9.17, 15) is 0 Å². The average Bonchev–Trinajstić information content (AvgIpc) is 2.46. The summed E-state index contributed by atoms with van der Waals surface area (Å²) in [6.45, 7) is 1.60. The van der Waals surface area contributed by atoms with Crippen LogP contribution in [0, 0.1) is 0 Å². The van der Waals surface area contributed by atoms with E-state index in [1.54, 1.807) is 0 Å². The molecule has 0 atom stereocenters. The highest BCUT2D eigenvalue weighted by Crippen LogP contribution is 2.26. The Labute approximate surface area is 126 Å². The summed E-state index contributed by atoms with van der Waals surface area (Å²) in [4.78, 5) is 2.20. The van der Waals surface area contributed by atoms with Crippen LogP contribution < -0.4 is 10.6 Å². The van der Waals surface area contributed by atoms with Crippen LogP contribution in [0.2, 0.25) is 5.02 Å². The van der Waals surface area contributed by atoms with Crippen molar-refractivity contribution in [1.82, 2.24) is 0 Å². The minimum absolute atomic E-state index is 0.652. The molecule has 0 aromatic heterocycles. The van der Waals surface area contributed by atoms with Crippen molar-refractivity contribution in [2.24, 2.45) is 5.73 Å². The second-order valence-electron chi connectivity index (χ2n) is 4.98. The van der Waals surface area contributed by atoms with Crippen LogP contribution in [0.1, 0.15) is 11.1 Å². The third-order valence-electron chi connectivity index (χ3n) is 3.44. The van der Waals surface area contributed by atoms with E-state index in [4.69, 9.17) is 17.3 Å². The highest BCUT2D eigenvalue weighted by molar-refractivity contribution is 6.33. The zero-order chi connectivity index (χ0) is 14.4. The Hall–Kier alpha value is -1.51. The number of rotatable bonds is 6. The molecule has 0 aliphatic carbocycles. The van der Waals surface area contributed by atoms with Gasteiger partial charge in [0, 0.05) is 13.6 Å². The Morgan fingerprint density at radius 2 is 1.75 bits per heavy atom. The monoisotopic (exact) mass is 288 g/mol. The molecule has 2 aromatic rings. The van der Waals surface area contributed by atoms with Crippen molar-refractivity contribution in [3.05, 3.63) is 64.7 Å². The van der Waals surface area contributed by atoms with Gasteiger partial charge in [-0.15, -0.1) is 0 Å². The third-order valence-corrected chi connectivity index (χ3v) is 3.74. The Morgan fingerprint density at radius 3 is 2.40 bits per heavy atom. The number of anilines is 1. The van der Waals surface area contributed by atoms with Crippen molar-refractivity contribution in [3.63, 3.8) is 0 Å². The number of hydrogen-bond donors (Lipinski definition) is 1. The normalized spacial score (nSPS) is 10.6. The smallest absolute Gasteiger partial charge is 0.0642 e. The topological polar surface area (TPSA) is 29.3 Å². The average molecular weight is 289 g/mol. The van der Waals surface area contributed by atoms with Crippen molar-refractivity contribution in [3.8, 4) is 0 Å². The van der Waals surface area contributed by atoms with Crippen molar-refractivity contribution in [2.75, 3.05) is 25.0 Å². The molecular weight excluding hydrogens is 268 g/mol. The van der Waals surface area contributed by atoms with E-state index in [1.165, 1.54) is 11.1 Å². The summed E-state index contributed by atoms with van der Waals surface area (Å²) < 4.78 is 0. The van der Waals surface area contributed by atoms with Crippen molar-refractivity contribution >= 4 is 17.3 Å². The second kappa shape index (κ2) is 7.32. The maximum Gasteiger partial charge on any atom is 0.0642 e. The van der Waals surface area contributed by atoms with Crippen molar-refractivity contribution < 1.29 is 0 Å². The Kier molecular flexibility index (Phi) is 5.45. The SMILES string of the molecule is CN(CCc1ccccc1)c1ccc(CCN)cc1Cl. The molecule has 20 heavy (non-hydrogen) atoms. The fourth-order valence-electron chi connectivity index (χ4n) is 2.24. The fourth-order valence-corrected chi connectivity index (χ4v) is 2.59. The fraction of sp³-hybridized carbons (Fsp3) is 0.294. The second-order valence-corrected chi connectivity index (χ2v) is 5.39. The summed E-state index contributed by atoms with van der Waals surface area (Å²) in [5.74, 6) is 0.